The zero-order valence-electron chi connectivity index (χ0n) is 15.0. The average Bonchev–Trinajstić information content (AvgIpc) is 3.05. The highest BCUT2D eigenvalue weighted by atomic mass is 32.2. The molecule has 3 rings (SSSR count). The van der Waals surface area contributed by atoms with E-state index < -0.39 is 10.0 Å². The Labute approximate surface area is 145 Å². The quantitative estimate of drug-likeness (QED) is 0.793. The van der Waals surface area contributed by atoms with E-state index >= 15 is 0 Å². The van der Waals surface area contributed by atoms with E-state index in [-0.39, 0.29) is 0 Å². The number of hydrogen-bond acceptors (Lipinski definition) is 5. The fraction of sp³-hybridized carbons (Fsp3) is 0.875. The van der Waals surface area contributed by atoms with Gasteiger partial charge in [0.25, 0.3) is 0 Å². The predicted molar refractivity (Wildman–Crippen MR) is 92.8 cm³/mol. The molecule has 8 heteroatoms. The maximum atomic E-state index is 11.7. The molecule has 0 spiro atoms. The fourth-order valence-electron chi connectivity index (χ4n) is 3.83. The van der Waals surface area contributed by atoms with Gasteiger partial charge in [0.1, 0.15) is 0 Å². The lowest BCUT2D eigenvalue weighted by Gasteiger charge is -2.30. The Morgan fingerprint density at radius 1 is 1.33 bits per heavy atom. The molecular formula is C16H29N5O2S. The van der Waals surface area contributed by atoms with Crippen LogP contribution in [0.15, 0.2) is 6.20 Å². The van der Waals surface area contributed by atoms with Gasteiger partial charge in [-0.15, -0.1) is 5.10 Å². The molecule has 0 aliphatic carbocycles. The second-order valence-corrected chi connectivity index (χ2v) is 10.2. The van der Waals surface area contributed by atoms with Crippen LogP contribution in [0.4, 0.5) is 0 Å². The first-order valence-electron chi connectivity index (χ1n) is 8.78. The molecule has 7 nitrogen and oxygen atoms in total. The summed E-state index contributed by atoms with van der Waals surface area (Å²) in [4.78, 5) is 2.43. The van der Waals surface area contributed by atoms with Crippen LogP contribution in [0.2, 0.25) is 0 Å². The second kappa shape index (κ2) is 6.72. The first kappa shape index (κ1) is 17.8. The third-order valence-electron chi connectivity index (χ3n) is 5.12. The SMILES string of the molecule is CC1(C)CCN(Cc2cn(CC3CCCN(S(C)(=O)=O)C3)nn2)C1. The Morgan fingerprint density at radius 3 is 2.79 bits per heavy atom. The molecule has 1 aromatic heterocycles. The number of aromatic nitrogens is 3. The van der Waals surface area contributed by atoms with Gasteiger partial charge in [0, 0.05) is 38.9 Å². The molecule has 3 heterocycles. The fourth-order valence-corrected chi connectivity index (χ4v) is 4.77. The van der Waals surface area contributed by atoms with Crippen LogP contribution in [0, 0.1) is 11.3 Å². The summed E-state index contributed by atoms with van der Waals surface area (Å²) in [5, 5.41) is 8.55. The standard InChI is InChI=1S/C16H29N5O2S/c1-16(2)6-8-19(13-16)11-15-12-20(18-17-15)9-14-5-4-7-21(10-14)24(3,22)23/h12,14H,4-11,13H2,1-3H3. The molecule has 2 fully saturated rings. The van der Waals surface area contributed by atoms with E-state index in [1.807, 2.05) is 10.9 Å². The van der Waals surface area contributed by atoms with Gasteiger partial charge < -0.3 is 0 Å². The van der Waals surface area contributed by atoms with Gasteiger partial charge in [-0.3, -0.25) is 9.58 Å². The van der Waals surface area contributed by atoms with Crippen LogP contribution in [0.25, 0.3) is 0 Å². The summed E-state index contributed by atoms with van der Waals surface area (Å²) in [5.41, 5.74) is 1.40. The van der Waals surface area contributed by atoms with Crippen molar-refractivity contribution in [3.05, 3.63) is 11.9 Å². The summed E-state index contributed by atoms with van der Waals surface area (Å²) in [6.45, 7) is 9.66. The maximum absolute atomic E-state index is 11.7. The van der Waals surface area contributed by atoms with Crippen LogP contribution >= 0.6 is 0 Å². The highest BCUT2D eigenvalue weighted by molar-refractivity contribution is 7.88. The molecule has 2 aliphatic rings. The Kier molecular flexibility index (Phi) is 4.99. The van der Waals surface area contributed by atoms with Crippen LogP contribution in [0.3, 0.4) is 0 Å². The molecule has 2 aliphatic heterocycles. The molecule has 0 N–H and O–H groups in total. The first-order chi connectivity index (χ1) is 11.2. The van der Waals surface area contributed by atoms with Crippen molar-refractivity contribution in [3.63, 3.8) is 0 Å². The summed E-state index contributed by atoms with van der Waals surface area (Å²) in [6, 6.07) is 0. The van der Waals surface area contributed by atoms with Crippen LogP contribution in [0.1, 0.15) is 38.8 Å². The molecule has 1 unspecified atom stereocenters. The molecule has 0 saturated carbocycles. The summed E-state index contributed by atoms with van der Waals surface area (Å²) >= 11 is 0. The van der Waals surface area contributed by atoms with Crippen molar-refractivity contribution in [2.75, 3.05) is 32.4 Å². The van der Waals surface area contributed by atoms with Gasteiger partial charge in [-0.2, -0.15) is 0 Å². The van der Waals surface area contributed by atoms with Crippen molar-refractivity contribution in [3.8, 4) is 0 Å². The summed E-state index contributed by atoms with van der Waals surface area (Å²) in [7, 11) is -3.09. The molecule has 1 aromatic rings. The zero-order chi connectivity index (χ0) is 17.4. The lowest BCUT2D eigenvalue weighted by Crippen LogP contribution is -2.40. The number of piperidine rings is 1. The summed E-state index contributed by atoms with van der Waals surface area (Å²) in [6.07, 6.45) is 6.50. The molecular weight excluding hydrogens is 326 g/mol. The van der Waals surface area contributed by atoms with E-state index in [2.05, 4.69) is 29.1 Å². The minimum atomic E-state index is -3.09. The van der Waals surface area contributed by atoms with Crippen molar-refractivity contribution in [2.45, 2.75) is 46.2 Å². The Bertz CT molecular complexity index is 670. The molecule has 0 radical (unpaired) electrons. The topological polar surface area (TPSA) is 71.3 Å². The van der Waals surface area contributed by atoms with Gasteiger partial charge in [-0.25, -0.2) is 12.7 Å². The lowest BCUT2D eigenvalue weighted by atomic mass is 9.93. The molecule has 1 atom stereocenters. The van der Waals surface area contributed by atoms with E-state index in [4.69, 9.17) is 0 Å². The van der Waals surface area contributed by atoms with Gasteiger partial charge in [-0.1, -0.05) is 19.1 Å². The third kappa shape index (κ3) is 4.55. The average molecular weight is 356 g/mol. The van der Waals surface area contributed by atoms with E-state index in [1.165, 1.54) is 12.7 Å². The van der Waals surface area contributed by atoms with Gasteiger partial charge in [0.15, 0.2) is 0 Å². The lowest BCUT2D eigenvalue weighted by molar-refractivity contribution is 0.239. The van der Waals surface area contributed by atoms with E-state index in [0.717, 1.165) is 44.7 Å². The Morgan fingerprint density at radius 2 is 2.12 bits per heavy atom. The maximum Gasteiger partial charge on any atom is 0.211 e. The Hall–Kier alpha value is -0.990. The molecule has 136 valence electrons. The minimum absolute atomic E-state index is 0.314. The van der Waals surface area contributed by atoms with Crippen LogP contribution in [-0.2, 0) is 23.1 Å². The molecule has 0 amide bonds. The van der Waals surface area contributed by atoms with Crippen molar-refractivity contribution < 1.29 is 8.42 Å². The first-order valence-corrected chi connectivity index (χ1v) is 10.6. The number of nitrogens with zero attached hydrogens (tertiary/aromatic N) is 5. The molecule has 0 aromatic carbocycles. The summed E-state index contributed by atoms with van der Waals surface area (Å²) < 4.78 is 26.9. The highest BCUT2D eigenvalue weighted by Crippen LogP contribution is 2.29. The Balaban J connectivity index is 1.54. The van der Waals surface area contributed by atoms with Gasteiger partial charge in [-0.05, 0) is 37.1 Å². The number of likely N-dealkylation sites (tertiary alicyclic amines) is 1. The van der Waals surface area contributed by atoms with E-state index in [0.29, 0.717) is 24.4 Å². The van der Waals surface area contributed by atoms with Gasteiger partial charge in [0.05, 0.1) is 11.9 Å². The minimum Gasteiger partial charge on any atom is -0.297 e. The van der Waals surface area contributed by atoms with Crippen molar-refractivity contribution in [1.82, 2.24) is 24.2 Å². The molecule has 0 bridgehead atoms. The third-order valence-corrected chi connectivity index (χ3v) is 6.39. The number of sulfonamides is 1. The van der Waals surface area contributed by atoms with E-state index in [1.54, 1.807) is 4.31 Å². The predicted octanol–water partition coefficient (Wildman–Crippen LogP) is 1.18. The van der Waals surface area contributed by atoms with Gasteiger partial charge >= 0.3 is 0 Å². The van der Waals surface area contributed by atoms with Crippen molar-refractivity contribution >= 4 is 10.0 Å². The van der Waals surface area contributed by atoms with Crippen molar-refractivity contribution in [2.24, 2.45) is 11.3 Å². The van der Waals surface area contributed by atoms with Gasteiger partial charge in [0.2, 0.25) is 10.0 Å². The smallest absolute Gasteiger partial charge is 0.211 e. The van der Waals surface area contributed by atoms with E-state index in [9.17, 15) is 8.42 Å². The zero-order valence-corrected chi connectivity index (χ0v) is 15.8. The largest absolute Gasteiger partial charge is 0.297 e. The molecule has 24 heavy (non-hydrogen) atoms. The summed E-state index contributed by atoms with van der Waals surface area (Å²) in [5.74, 6) is 0.314. The van der Waals surface area contributed by atoms with Crippen LogP contribution < -0.4 is 0 Å². The van der Waals surface area contributed by atoms with Crippen molar-refractivity contribution in [1.29, 1.82) is 0 Å². The second-order valence-electron chi connectivity index (χ2n) is 8.19. The monoisotopic (exact) mass is 355 g/mol. The number of rotatable bonds is 5. The highest BCUT2D eigenvalue weighted by Gasteiger charge is 2.30. The number of hydrogen-bond donors (Lipinski definition) is 0. The normalized spacial score (nSPS) is 26.0. The molecule has 2 saturated heterocycles. The van der Waals surface area contributed by atoms with Crippen LogP contribution in [0.5, 0.6) is 0 Å². The van der Waals surface area contributed by atoms with Crippen LogP contribution in [-0.4, -0.2) is 65.1 Å².